The van der Waals surface area contributed by atoms with Gasteiger partial charge < -0.3 is 5.32 Å². The molecule has 2 aromatic carbocycles. The minimum atomic E-state index is -4.15. The zero-order valence-electron chi connectivity index (χ0n) is 15.5. The summed E-state index contributed by atoms with van der Waals surface area (Å²) >= 11 is 1.22. The van der Waals surface area contributed by atoms with Gasteiger partial charge in [-0.3, -0.25) is 4.72 Å². The Bertz CT molecular complexity index is 1130. The minimum absolute atomic E-state index is 0.125. The molecule has 2 N–H and O–H groups in total. The predicted octanol–water partition coefficient (Wildman–Crippen LogP) is 5.27. The maximum atomic E-state index is 14.3. The van der Waals surface area contributed by atoms with Crippen LogP contribution in [0.2, 0.25) is 0 Å². The van der Waals surface area contributed by atoms with Crippen LogP contribution in [0.15, 0.2) is 52.2 Å². The Morgan fingerprint density at radius 3 is 2.59 bits per heavy atom. The third-order valence-corrected chi connectivity index (χ3v) is 6.77. The number of nitrogens with one attached hydrogen (secondary N) is 2. The van der Waals surface area contributed by atoms with Gasteiger partial charge in [-0.2, -0.15) is 0 Å². The molecule has 1 aliphatic carbocycles. The number of nitrogens with zero attached hydrogens (tertiary/aromatic N) is 1. The summed E-state index contributed by atoms with van der Waals surface area (Å²) in [7, 11) is -4.15. The Labute approximate surface area is 171 Å². The third-order valence-electron chi connectivity index (χ3n) is 4.81. The van der Waals surface area contributed by atoms with E-state index in [-0.39, 0.29) is 11.6 Å². The van der Waals surface area contributed by atoms with Crippen molar-refractivity contribution < 1.29 is 17.2 Å². The van der Waals surface area contributed by atoms with Crippen LogP contribution in [0.5, 0.6) is 0 Å². The van der Waals surface area contributed by atoms with Crippen molar-refractivity contribution in [3.05, 3.63) is 70.1 Å². The Balaban J connectivity index is 1.58. The van der Waals surface area contributed by atoms with Crippen LogP contribution in [-0.2, 0) is 10.0 Å². The molecule has 0 aliphatic heterocycles. The van der Waals surface area contributed by atoms with Gasteiger partial charge in [0.15, 0.2) is 5.82 Å². The fourth-order valence-corrected chi connectivity index (χ4v) is 4.81. The SMILES string of the molecule is C[C@H](Nc1ccc(F)c(S(=O)(=O)Nc2cscn2)c1)c1cc(C2CC2)ccc1F. The largest absolute Gasteiger partial charge is 0.378 e. The highest BCUT2D eigenvalue weighted by Gasteiger charge is 2.25. The number of hydrogen-bond acceptors (Lipinski definition) is 5. The molecule has 1 aromatic heterocycles. The Hall–Kier alpha value is -2.52. The summed E-state index contributed by atoms with van der Waals surface area (Å²) in [5.74, 6) is -0.608. The number of aromatic nitrogens is 1. The maximum absolute atomic E-state index is 14.3. The van der Waals surface area contributed by atoms with Crippen molar-refractivity contribution >= 4 is 32.9 Å². The molecule has 0 radical (unpaired) electrons. The smallest absolute Gasteiger partial charge is 0.266 e. The molecule has 9 heteroatoms. The van der Waals surface area contributed by atoms with E-state index in [4.69, 9.17) is 0 Å². The molecule has 3 aromatic rings. The van der Waals surface area contributed by atoms with Gasteiger partial charge in [0.25, 0.3) is 10.0 Å². The van der Waals surface area contributed by atoms with Crippen LogP contribution in [0.4, 0.5) is 20.3 Å². The summed E-state index contributed by atoms with van der Waals surface area (Å²) in [4.78, 5) is 3.35. The molecule has 152 valence electrons. The van der Waals surface area contributed by atoms with Crippen molar-refractivity contribution in [3.63, 3.8) is 0 Å². The first-order chi connectivity index (χ1) is 13.8. The number of halogens is 2. The van der Waals surface area contributed by atoms with E-state index >= 15 is 0 Å². The number of thiazole rings is 1. The van der Waals surface area contributed by atoms with E-state index in [0.717, 1.165) is 24.5 Å². The molecular weight excluding hydrogens is 416 g/mol. The highest BCUT2D eigenvalue weighted by molar-refractivity contribution is 7.92. The molecule has 1 heterocycles. The number of rotatable bonds is 7. The lowest BCUT2D eigenvalue weighted by molar-refractivity contribution is 0.570. The lowest BCUT2D eigenvalue weighted by Crippen LogP contribution is -2.16. The van der Waals surface area contributed by atoms with Gasteiger partial charge in [-0.1, -0.05) is 12.1 Å². The quantitative estimate of drug-likeness (QED) is 0.530. The van der Waals surface area contributed by atoms with E-state index in [1.807, 2.05) is 6.07 Å². The van der Waals surface area contributed by atoms with E-state index < -0.39 is 26.8 Å². The molecule has 1 saturated carbocycles. The van der Waals surface area contributed by atoms with Gasteiger partial charge in [-0.05, 0) is 55.5 Å². The molecule has 0 bridgehead atoms. The first-order valence-electron chi connectivity index (χ1n) is 9.10. The fourth-order valence-electron chi connectivity index (χ4n) is 3.15. The van der Waals surface area contributed by atoms with E-state index in [0.29, 0.717) is 17.2 Å². The van der Waals surface area contributed by atoms with Crippen LogP contribution in [0.3, 0.4) is 0 Å². The highest BCUT2D eigenvalue weighted by Crippen LogP contribution is 2.41. The summed E-state index contributed by atoms with van der Waals surface area (Å²) in [6.07, 6.45) is 2.22. The van der Waals surface area contributed by atoms with E-state index in [1.165, 1.54) is 40.4 Å². The Kier molecular flexibility index (Phi) is 5.26. The summed E-state index contributed by atoms with van der Waals surface area (Å²) in [6, 6.07) is 8.37. The number of anilines is 2. The third kappa shape index (κ3) is 4.40. The van der Waals surface area contributed by atoms with Gasteiger partial charge in [-0.15, -0.1) is 11.3 Å². The molecule has 0 unspecified atom stereocenters. The standard InChI is InChI=1S/C20H19F2N3O2S2/c1-12(16-8-14(13-2-3-13)4-6-17(16)21)24-15-5-7-18(22)19(9-15)29(26,27)25-20-10-28-11-23-20/h4-13,24-25H,2-3H2,1H3/t12-/m0/s1. The lowest BCUT2D eigenvalue weighted by Gasteiger charge is -2.18. The Morgan fingerprint density at radius 1 is 1.14 bits per heavy atom. The number of sulfonamides is 1. The van der Waals surface area contributed by atoms with Crippen LogP contribution in [-0.4, -0.2) is 13.4 Å². The van der Waals surface area contributed by atoms with Crippen LogP contribution in [0, 0.1) is 11.6 Å². The normalized spacial score (nSPS) is 15.1. The van der Waals surface area contributed by atoms with E-state index in [2.05, 4.69) is 15.0 Å². The summed E-state index contributed by atoms with van der Waals surface area (Å²) in [6.45, 7) is 1.78. The van der Waals surface area contributed by atoms with Crippen LogP contribution in [0.25, 0.3) is 0 Å². The molecule has 1 fully saturated rings. The van der Waals surface area contributed by atoms with Gasteiger partial charge in [0.2, 0.25) is 0 Å². The van der Waals surface area contributed by atoms with Crippen LogP contribution in [0.1, 0.15) is 42.9 Å². The van der Waals surface area contributed by atoms with E-state index in [1.54, 1.807) is 13.0 Å². The van der Waals surface area contributed by atoms with Crippen LogP contribution >= 0.6 is 11.3 Å². The molecule has 1 atom stereocenters. The fraction of sp³-hybridized carbons (Fsp3) is 0.250. The highest BCUT2D eigenvalue weighted by atomic mass is 32.2. The van der Waals surface area contributed by atoms with Crippen molar-refractivity contribution in [1.29, 1.82) is 0 Å². The summed E-state index contributed by atoms with van der Waals surface area (Å²) in [5.41, 5.74) is 3.43. The van der Waals surface area contributed by atoms with E-state index in [9.17, 15) is 17.2 Å². The predicted molar refractivity (Wildman–Crippen MR) is 110 cm³/mol. The van der Waals surface area contributed by atoms with Gasteiger partial charge >= 0.3 is 0 Å². The van der Waals surface area contributed by atoms with Crippen molar-refractivity contribution in [3.8, 4) is 0 Å². The molecule has 0 saturated heterocycles. The van der Waals surface area contributed by atoms with Crippen LogP contribution < -0.4 is 10.0 Å². The first-order valence-corrected chi connectivity index (χ1v) is 11.5. The van der Waals surface area contributed by atoms with Crippen molar-refractivity contribution in [2.24, 2.45) is 0 Å². The maximum Gasteiger partial charge on any atom is 0.266 e. The van der Waals surface area contributed by atoms with Gasteiger partial charge in [0.1, 0.15) is 16.5 Å². The van der Waals surface area contributed by atoms with Gasteiger partial charge in [0, 0.05) is 16.6 Å². The van der Waals surface area contributed by atoms with Crippen molar-refractivity contribution in [1.82, 2.24) is 4.98 Å². The summed E-state index contributed by atoms with van der Waals surface area (Å²) in [5, 5.41) is 4.58. The summed E-state index contributed by atoms with van der Waals surface area (Å²) < 4.78 is 55.9. The zero-order valence-corrected chi connectivity index (χ0v) is 17.2. The van der Waals surface area contributed by atoms with Gasteiger partial charge in [-0.25, -0.2) is 22.2 Å². The number of hydrogen-bond donors (Lipinski definition) is 2. The van der Waals surface area contributed by atoms with Gasteiger partial charge in [0.05, 0.1) is 11.6 Å². The second-order valence-corrected chi connectivity index (χ2v) is 9.42. The minimum Gasteiger partial charge on any atom is -0.378 e. The lowest BCUT2D eigenvalue weighted by atomic mass is 10.0. The van der Waals surface area contributed by atoms with Crippen molar-refractivity contribution in [2.75, 3.05) is 10.0 Å². The first kappa shape index (κ1) is 19.8. The molecule has 4 rings (SSSR count). The molecule has 1 aliphatic rings. The second-order valence-electron chi connectivity index (χ2n) is 7.05. The molecule has 0 amide bonds. The second kappa shape index (κ2) is 7.72. The zero-order chi connectivity index (χ0) is 20.6. The topological polar surface area (TPSA) is 71.1 Å². The molecule has 29 heavy (non-hydrogen) atoms. The average Bonchev–Trinajstić information content (AvgIpc) is 3.41. The molecular formula is C20H19F2N3O2S2. The number of benzene rings is 2. The average molecular weight is 436 g/mol. The van der Waals surface area contributed by atoms with Crippen molar-refractivity contribution in [2.45, 2.75) is 36.6 Å². The monoisotopic (exact) mass is 435 g/mol. The molecule has 5 nitrogen and oxygen atoms in total. The molecule has 0 spiro atoms. The Morgan fingerprint density at radius 2 is 1.90 bits per heavy atom.